The number of benzene rings is 2. The van der Waals surface area contributed by atoms with Crippen LogP contribution in [0, 0.1) is 34.4 Å². The summed E-state index contributed by atoms with van der Waals surface area (Å²) in [5.74, 6) is -0.325. The van der Waals surface area contributed by atoms with Gasteiger partial charge < -0.3 is 9.47 Å². The van der Waals surface area contributed by atoms with Gasteiger partial charge in [-0.25, -0.2) is 4.39 Å². The molecule has 1 unspecified atom stereocenters. The van der Waals surface area contributed by atoms with E-state index >= 15 is 0 Å². The van der Waals surface area contributed by atoms with E-state index in [1.807, 2.05) is 18.2 Å². The first-order chi connectivity index (χ1) is 13.9. The molecule has 1 fully saturated rings. The van der Waals surface area contributed by atoms with Crippen molar-refractivity contribution in [1.29, 1.82) is 5.26 Å². The lowest BCUT2D eigenvalue weighted by atomic mass is 10.1. The van der Waals surface area contributed by atoms with Crippen molar-refractivity contribution in [3.8, 4) is 17.6 Å². The quantitative estimate of drug-likeness (QED) is 0.511. The predicted molar refractivity (Wildman–Crippen MR) is 108 cm³/mol. The van der Waals surface area contributed by atoms with E-state index in [1.165, 1.54) is 23.7 Å². The van der Waals surface area contributed by atoms with Crippen LogP contribution in [0.2, 0.25) is 0 Å². The Bertz CT molecular complexity index is 952. The summed E-state index contributed by atoms with van der Waals surface area (Å²) in [6.07, 6.45) is 0.908. The SMILES string of the molecule is CC1(C)[C@H](/C=C/Cl)[C@@H]1CC(=O)OC(C#N)c1ccc(F)c(Oc2ccccc2)c1. The molecule has 0 radical (unpaired) electrons. The topological polar surface area (TPSA) is 59.3 Å². The first-order valence-electron chi connectivity index (χ1n) is 9.25. The van der Waals surface area contributed by atoms with Crippen molar-refractivity contribution in [2.75, 3.05) is 0 Å². The molecule has 0 saturated heterocycles. The van der Waals surface area contributed by atoms with Gasteiger partial charge in [0.25, 0.3) is 0 Å². The second-order valence-electron chi connectivity index (χ2n) is 7.58. The Hall–Kier alpha value is -2.84. The van der Waals surface area contributed by atoms with Gasteiger partial charge in [0.05, 0.1) is 0 Å². The molecule has 0 aliphatic heterocycles. The lowest BCUT2D eigenvalue weighted by Gasteiger charge is -2.14. The zero-order valence-electron chi connectivity index (χ0n) is 16.1. The molecule has 150 valence electrons. The van der Waals surface area contributed by atoms with Gasteiger partial charge in [0.15, 0.2) is 11.6 Å². The number of ether oxygens (including phenoxy) is 2. The van der Waals surface area contributed by atoms with Gasteiger partial charge in [-0.1, -0.05) is 55.8 Å². The van der Waals surface area contributed by atoms with Crippen LogP contribution in [-0.2, 0) is 9.53 Å². The molecular formula is C23H21ClFNO3. The van der Waals surface area contributed by atoms with E-state index in [0.29, 0.717) is 11.3 Å². The van der Waals surface area contributed by atoms with E-state index in [2.05, 4.69) is 13.8 Å². The highest BCUT2D eigenvalue weighted by Gasteiger charge is 2.56. The number of nitrogens with zero attached hydrogens (tertiary/aromatic N) is 1. The minimum Gasteiger partial charge on any atom is -0.454 e. The van der Waals surface area contributed by atoms with Gasteiger partial charge in [0.2, 0.25) is 6.10 Å². The van der Waals surface area contributed by atoms with Gasteiger partial charge in [-0.15, -0.1) is 0 Å². The molecule has 0 aromatic heterocycles. The Kier molecular flexibility index (Phi) is 6.24. The Morgan fingerprint density at radius 3 is 2.69 bits per heavy atom. The number of nitriles is 1. The van der Waals surface area contributed by atoms with Crippen molar-refractivity contribution in [3.05, 3.63) is 71.5 Å². The van der Waals surface area contributed by atoms with Crippen LogP contribution in [0.1, 0.15) is 31.9 Å². The lowest BCUT2D eigenvalue weighted by Crippen LogP contribution is -2.12. The fourth-order valence-corrected chi connectivity index (χ4v) is 3.70. The molecule has 3 rings (SSSR count). The Balaban J connectivity index is 1.69. The number of esters is 1. The molecule has 2 aromatic rings. The summed E-state index contributed by atoms with van der Waals surface area (Å²) in [5.41, 5.74) is 1.77. The van der Waals surface area contributed by atoms with Crippen LogP contribution in [0.3, 0.4) is 0 Å². The Morgan fingerprint density at radius 2 is 2.03 bits per heavy atom. The smallest absolute Gasteiger partial charge is 0.307 e. The fraction of sp³-hybridized carbons (Fsp3) is 0.304. The molecule has 0 heterocycles. The second-order valence-corrected chi connectivity index (χ2v) is 7.83. The molecule has 2 aromatic carbocycles. The van der Waals surface area contributed by atoms with Crippen LogP contribution in [0.4, 0.5) is 4.39 Å². The van der Waals surface area contributed by atoms with Crippen molar-refractivity contribution in [3.63, 3.8) is 0 Å². The first-order valence-corrected chi connectivity index (χ1v) is 9.68. The van der Waals surface area contributed by atoms with Crippen LogP contribution in [0.25, 0.3) is 0 Å². The summed E-state index contributed by atoms with van der Waals surface area (Å²) in [6.45, 7) is 4.11. The van der Waals surface area contributed by atoms with Crippen LogP contribution in [0.15, 0.2) is 60.1 Å². The zero-order valence-corrected chi connectivity index (χ0v) is 16.9. The maximum absolute atomic E-state index is 14.1. The minimum absolute atomic E-state index is 0.0411. The molecule has 0 spiro atoms. The summed E-state index contributed by atoms with van der Waals surface area (Å²) in [4.78, 5) is 12.4. The molecule has 1 aliphatic carbocycles. The molecule has 0 amide bonds. The zero-order chi connectivity index (χ0) is 21.0. The van der Waals surface area contributed by atoms with Crippen LogP contribution in [-0.4, -0.2) is 5.97 Å². The van der Waals surface area contributed by atoms with E-state index in [0.717, 1.165) is 0 Å². The number of halogens is 2. The number of allylic oxidation sites excluding steroid dienone is 1. The van der Waals surface area contributed by atoms with Gasteiger partial charge in [0.1, 0.15) is 11.8 Å². The fourth-order valence-electron chi connectivity index (χ4n) is 3.54. The number of hydrogen-bond donors (Lipinski definition) is 0. The van der Waals surface area contributed by atoms with Gasteiger partial charge >= 0.3 is 5.97 Å². The third-order valence-corrected chi connectivity index (χ3v) is 5.55. The molecular weight excluding hydrogens is 393 g/mol. The van der Waals surface area contributed by atoms with E-state index in [9.17, 15) is 14.4 Å². The van der Waals surface area contributed by atoms with Gasteiger partial charge in [-0.2, -0.15) is 5.26 Å². The molecule has 3 atom stereocenters. The van der Waals surface area contributed by atoms with Crippen molar-refractivity contribution in [2.45, 2.75) is 26.4 Å². The molecule has 4 nitrogen and oxygen atoms in total. The van der Waals surface area contributed by atoms with Crippen LogP contribution >= 0.6 is 11.6 Å². The lowest BCUT2D eigenvalue weighted by molar-refractivity contribution is -0.147. The molecule has 1 aliphatic rings. The summed E-state index contributed by atoms with van der Waals surface area (Å²) in [5, 5.41) is 9.48. The third-order valence-electron chi connectivity index (χ3n) is 5.40. The summed E-state index contributed by atoms with van der Waals surface area (Å²) in [7, 11) is 0. The van der Waals surface area contributed by atoms with Crippen molar-refractivity contribution >= 4 is 17.6 Å². The van der Waals surface area contributed by atoms with Crippen molar-refractivity contribution in [2.24, 2.45) is 17.3 Å². The Morgan fingerprint density at radius 1 is 1.31 bits per heavy atom. The minimum atomic E-state index is -1.15. The van der Waals surface area contributed by atoms with Gasteiger partial charge in [-0.05, 0) is 41.5 Å². The van der Waals surface area contributed by atoms with E-state index in [1.54, 1.807) is 24.3 Å². The highest BCUT2D eigenvalue weighted by Crippen LogP contribution is 2.60. The average molecular weight is 414 g/mol. The second kappa shape index (κ2) is 8.67. The molecule has 0 bridgehead atoms. The monoisotopic (exact) mass is 413 g/mol. The Labute approximate surface area is 174 Å². The number of rotatable bonds is 7. The molecule has 1 saturated carbocycles. The highest BCUT2D eigenvalue weighted by molar-refractivity contribution is 6.25. The van der Waals surface area contributed by atoms with Crippen LogP contribution in [0.5, 0.6) is 11.5 Å². The summed E-state index contributed by atoms with van der Waals surface area (Å²) >= 11 is 5.66. The number of para-hydroxylation sites is 1. The summed E-state index contributed by atoms with van der Waals surface area (Å²) in [6, 6.07) is 14.7. The van der Waals surface area contributed by atoms with Crippen LogP contribution < -0.4 is 4.74 Å². The maximum atomic E-state index is 14.1. The van der Waals surface area contributed by atoms with Gasteiger partial charge in [0, 0.05) is 17.5 Å². The van der Waals surface area contributed by atoms with E-state index in [4.69, 9.17) is 21.1 Å². The third kappa shape index (κ3) is 4.78. The molecule has 0 N–H and O–H groups in total. The van der Waals surface area contributed by atoms with Crippen molar-refractivity contribution in [1.82, 2.24) is 0 Å². The molecule has 6 heteroatoms. The average Bonchev–Trinajstić information content (AvgIpc) is 3.21. The van der Waals surface area contributed by atoms with Gasteiger partial charge in [-0.3, -0.25) is 4.79 Å². The predicted octanol–water partition coefficient (Wildman–Crippen LogP) is 6.14. The normalized spacial score (nSPS) is 20.7. The van der Waals surface area contributed by atoms with Crippen molar-refractivity contribution < 1.29 is 18.7 Å². The largest absolute Gasteiger partial charge is 0.454 e. The summed E-state index contributed by atoms with van der Waals surface area (Å²) < 4.78 is 25.0. The number of hydrogen-bond acceptors (Lipinski definition) is 4. The molecule has 29 heavy (non-hydrogen) atoms. The highest BCUT2D eigenvalue weighted by atomic mass is 35.5. The van der Waals surface area contributed by atoms with E-state index < -0.39 is 17.9 Å². The van der Waals surface area contributed by atoms with E-state index in [-0.39, 0.29) is 29.4 Å². The number of carbonyl (C=O) groups is 1. The number of carbonyl (C=O) groups excluding carboxylic acids is 1. The maximum Gasteiger partial charge on any atom is 0.307 e. The standard InChI is InChI=1S/C23H21ClFNO3/c1-23(2)17(10-11-24)18(23)13-22(27)29-21(14-26)15-8-9-19(25)20(12-15)28-16-6-4-3-5-7-16/h3-12,17-18,21H,13H2,1-2H3/b11-10+/t17-,18+,21?/m1/s1. The first kappa shape index (κ1) is 20.9.